The Morgan fingerprint density at radius 1 is 1.21 bits per heavy atom. The van der Waals surface area contributed by atoms with Crippen LogP contribution in [-0.4, -0.2) is 74.8 Å². The fourth-order valence-electron chi connectivity index (χ4n) is 3.94. The van der Waals surface area contributed by atoms with Gasteiger partial charge in [-0.1, -0.05) is 29.8 Å². The number of aromatic amines is 1. The lowest BCUT2D eigenvalue weighted by Crippen LogP contribution is -2.59. The van der Waals surface area contributed by atoms with E-state index in [0.717, 1.165) is 11.1 Å². The third-order valence-corrected chi connectivity index (χ3v) is 5.38. The Balaban J connectivity index is 1.48. The van der Waals surface area contributed by atoms with E-state index in [-0.39, 0.29) is 24.3 Å². The van der Waals surface area contributed by atoms with E-state index in [1.807, 2.05) is 31.2 Å². The van der Waals surface area contributed by atoms with Crippen molar-refractivity contribution in [3.63, 3.8) is 0 Å². The lowest BCUT2D eigenvalue weighted by Gasteiger charge is -2.39. The number of fused-ring (bicyclic) bond motifs is 1. The van der Waals surface area contributed by atoms with Crippen molar-refractivity contribution >= 4 is 17.7 Å². The van der Waals surface area contributed by atoms with Crippen LogP contribution in [0.3, 0.4) is 0 Å². The van der Waals surface area contributed by atoms with E-state index < -0.39 is 6.04 Å². The van der Waals surface area contributed by atoms with Gasteiger partial charge in [0, 0.05) is 32.4 Å². The summed E-state index contributed by atoms with van der Waals surface area (Å²) in [7, 11) is 0. The van der Waals surface area contributed by atoms with E-state index >= 15 is 0 Å². The van der Waals surface area contributed by atoms with E-state index in [1.165, 1.54) is 6.20 Å². The van der Waals surface area contributed by atoms with Gasteiger partial charge in [-0.25, -0.2) is 0 Å². The van der Waals surface area contributed by atoms with E-state index in [1.54, 1.807) is 20.8 Å². The van der Waals surface area contributed by atoms with Crippen LogP contribution < -0.4 is 0 Å². The van der Waals surface area contributed by atoms with Crippen LogP contribution in [0.15, 0.2) is 36.5 Å². The van der Waals surface area contributed by atoms with Crippen LogP contribution in [0.2, 0.25) is 0 Å². The fourth-order valence-corrected chi connectivity index (χ4v) is 3.94. The van der Waals surface area contributed by atoms with Gasteiger partial charge in [0.2, 0.25) is 11.8 Å². The normalized spacial score (nSPS) is 20.2. The molecular formula is C20H23N5O3. The maximum absolute atomic E-state index is 13.1. The van der Waals surface area contributed by atoms with Crippen molar-refractivity contribution in [2.45, 2.75) is 25.9 Å². The maximum atomic E-state index is 13.1. The minimum absolute atomic E-state index is 0.0445. The maximum Gasteiger partial charge on any atom is 0.271 e. The second-order valence-electron chi connectivity index (χ2n) is 7.34. The fraction of sp³-hybridized carbons (Fsp3) is 0.400. The van der Waals surface area contributed by atoms with Crippen LogP contribution in [0.25, 0.3) is 0 Å². The van der Waals surface area contributed by atoms with Crippen molar-refractivity contribution in [1.29, 1.82) is 0 Å². The van der Waals surface area contributed by atoms with Gasteiger partial charge in [0.05, 0.1) is 0 Å². The van der Waals surface area contributed by atoms with Gasteiger partial charge in [-0.3, -0.25) is 19.5 Å². The zero-order valence-corrected chi connectivity index (χ0v) is 15.8. The second-order valence-corrected chi connectivity index (χ2v) is 7.34. The van der Waals surface area contributed by atoms with Crippen LogP contribution in [-0.2, 0) is 16.1 Å². The first-order chi connectivity index (χ1) is 13.5. The molecule has 8 nitrogen and oxygen atoms in total. The number of H-pyrrole nitrogens is 1. The summed E-state index contributed by atoms with van der Waals surface area (Å²) in [5.41, 5.74) is 2.55. The number of rotatable bonds is 3. The molecule has 4 rings (SSSR count). The molecular weight excluding hydrogens is 358 g/mol. The smallest absolute Gasteiger partial charge is 0.271 e. The lowest BCUT2D eigenvalue weighted by atomic mass is 10.1. The number of hydrogen-bond donors (Lipinski definition) is 1. The van der Waals surface area contributed by atoms with Gasteiger partial charge in [-0.05, 0) is 25.0 Å². The van der Waals surface area contributed by atoms with Gasteiger partial charge in [-0.2, -0.15) is 5.10 Å². The highest BCUT2D eigenvalue weighted by Crippen LogP contribution is 2.21. The minimum atomic E-state index is -0.509. The molecule has 0 radical (unpaired) electrons. The molecule has 146 valence electrons. The Kier molecular flexibility index (Phi) is 4.85. The van der Waals surface area contributed by atoms with E-state index in [2.05, 4.69) is 10.2 Å². The van der Waals surface area contributed by atoms with Crippen molar-refractivity contribution in [3.8, 4) is 0 Å². The number of amides is 3. The van der Waals surface area contributed by atoms with Crippen molar-refractivity contribution < 1.29 is 14.4 Å². The van der Waals surface area contributed by atoms with Crippen LogP contribution in [0.4, 0.5) is 0 Å². The van der Waals surface area contributed by atoms with Gasteiger partial charge in [0.25, 0.3) is 5.91 Å². The van der Waals surface area contributed by atoms with E-state index in [9.17, 15) is 14.4 Å². The number of hydrogen-bond acceptors (Lipinski definition) is 4. The molecule has 1 N–H and O–H groups in total. The Bertz CT molecular complexity index is 895. The molecule has 0 spiro atoms. The third kappa shape index (κ3) is 3.49. The predicted molar refractivity (Wildman–Crippen MR) is 101 cm³/mol. The number of piperazine rings is 1. The first kappa shape index (κ1) is 18.2. The number of aromatic nitrogens is 2. The Labute approximate surface area is 163 Å². The van der Waals surface area contributed by atoms with Gasteiger partial charge in [0.1, 0.15) is 18.3 Å². The molecule has 0 aliphatic carbocycles. The second kappa shape index (κ2) is 7.46. The first-order valence-electron chi connectivity index (χ1n) is 9.45. The van der Waals surface area contributed by atoms with Crippen LogP contribution in [0.5, 0.6) is 0 Å². The summed E-state index contributed by atoms with van der Waals surface area (Å²) in [4.78, 5) is 43.3. The highest BCUT2D eigenvalue weighted by atomic mass is 16.2. The summed E-state index contributed by atoms with van der Waals surface area (Å²) in [6, 6.07) is 9.07. The largest absolute Gasteiger partial charge is 0.335 e. The number of carbonyl (C=O) groups is 3. The molecule has 2 fully saturated rings. The zero-order chi connectivity index (χ0) is 19.7. The van der Waals surface area contributed by atoms with Crippen molar-refractivity contribution in [2.24, 2.45) is 0 Å². The number of nitrogens with one attached hydrogen (secondary N) is 1. The van der Waals surface area contributed by atoms with Crippen LogP contribution in [0, 0.1) is 6.92 Å². The van der Waals surface area contributed by atoms with Crippen molar-refractivity contribution in [1.82, 2.24) is 24.9 Å². The highest BCUT2D eigenvalue weighted by molar-refractivity contribution is 5.95. The Hall–Kier alpha value is -3.16. The average Bonchev–Trinajstić information content (AvgIpc) is 3.11. The molecule has 0 bridgehead atoms. The topological polar surface area (TPSA) is 89.6 Å². The first-order valence-corrected chi connectivity index (χ1v) is 9.45. The van der Waals surface area contributed by atoms with Crippen LogP contribution in [0.1, 0.15) is 28.0 Å². The molecule has 1 atom stereocenters. The quantitative estimate of drug-likeness (QED) is 0.852. The predicted octanol–water partition coefficient (Wildman–Crippen LogP) is 0.804. The summed E-state index contributed by atoms with van der Waals surface area (Å²) in [5.74, 6) is -0.265. The molecule has 1 unspecified atom stereocenters. The van der Waals surface area contributed by atoms with Crippen molar-refractivity contribution in [2.75, 3.05) is 26.2 Å². The SMILES string of the molecule is Cc1cccc(CN2CC(=O)N3CCN(C(=O)c4ccn[nH]4)CCC3C2=O)c1. The molecule has 2 aliphatic heterocycles. The molecule has 28 heavy (non-hydrogen) atoms. The van der Waals surface area contributed by atoms with Gasteiger partial charge in [-0.15, -0.1) is 0 Å². The molecule has 1 aromatic heterocycles. The lowest BCUT2D eigenvalue weighted by molar-refractivity contribution is -0.156. The number of benzene rings is 1. The Morgan fingerprint density at radius 2 is 2.07 bits per heavy atom. The summed E-state index contributed by atoms with van der Waals surface area (Å²) in [6.45, 7) is 3.71. The van der Waals surface area contributed by atoms with Gasteiger partial charge in [0.15, 0.2) is 0 Å². The summed E-state index contributed by atoms with van der Waals surface area (Å²) < 4.78 is 0. The molecule has 2 aromatic rings. The molecule has 2 saturated heterocycles. The number of nitrogens with zero attached hydrogens (tertiary/aromatic N) is 4. The third-order valence-electron chi connectivity index (χ3n) is 5.38. The van der Waals surface area contributed by atoms with Crippen molar-refractivity contribution in [3.05, 3.63) is 53.3 Å². The summed E-state index contributed by atoms with van der Waals surface area (Å²) >= 11 is 0. The van der Waals surface area contributed by atoms with E-state index in [0.29, 0.717) is 38.3 Å². The highest BCUT2D eigenvalue weighted by Gasteiger charge is 2.41. The average molecular weight is 381 g/mol. The summed E-state index contributed by atoms with van der Waals surface area (Å²) in [6.07, 6.45) is 1.97. The van der Waals surface area contributed by atoms with E-state index in [4.69, 9.17) is 0 Å². The number of aryl methyl sites for hydroxylation is 1. The molecule has 8 heteroatoms. The monoisotopic (exact) mass is 381 g/mol. The molecule has 3 amide bonds. The van der Waals surface area contributed by atoms with Gasteiger partial charge >= 0.3 is 0 Å². The molecule has 2 aliphatic rings. The molecule has 0 saturated carbocycles. The minimum Gasteiger partial charge on any atom is -0.335 e. The molecule has 3 heterocycles. The standard InChI is InChI=1S/C20H23N5O3/c1-14-3-2-4-15(11-14)12-24-13-18(26)25-10-9-23(8-6-17(25)20(24)28)19(27)16-5-7-21-22-16/h2-5,7,11,17H,6,8-10,12-13H2,1H3,(H,21,22). The number of carbonyl (C=O) groups excluding carboxylic acids is 3. The molecule has 1 aromatic carbocycles. The zero-order valence-electron chi connectivity index (χ0n) is 15.8. The van der Waals surface area contributed by atoms with Gasteiger partial charge < -0.3 is 14.7 Å². The Morgan fingerprint density at radius 3 is 2.82 bits per heavy atom. The van der Waals surface area contributed by atoms with Crippen LogP contribution >= 0.6 is 0 Å². The summed E-state index contributed by atoms with van der Waals surface area (Å²) in [5, 5.41) is 6.49.